The van der Waals surface area contributed by atoms with Crippen LogP contribution >= 0.6 is 11.6 Å². The highest BCUT2D eigenvalue weighted by Crippen LogP contribution is 2.34. The van der Waals surface area contributed by atoms with E-state index in [-0.39, 0.29) is 10.6 Å². The van der Waals surface area contributed by atoms with E-state index in [0.717, 1.165) is 12.1 Å². The van der Waals surface area contributed by atoms with Crippen molar-refractivity contribution < 1.29 is 19.8 Å². The molecule has 0 bridgehead atoms. The van der Waals surface area contributed by atoms with Crippen molar-refractivity contribution in [1.82, 2.24) is 0 Å². The van der Waals surface area contributed by atoms with Gasteiger partial charge in [-0.15, -0.1) is 0 Å². The van der Waals surface area contributed by atoms with Gasteiger partial charge in [0, 0.05) is 11.5 Å². The summed E-state index contributed by atoms with van der Waals surface area (Å²) in [6.45, 7) is 3.20. The van der Waals surface area contributed by atoms with Crippen LogP contribution < -0.4 is 0 Å². The number of aromatic hydroxyl groups is 2. The van der Waals surface area contributed by atoms with Crippen molar-refractivity contribution in [3.63, 3.8) is 0 Å². The first kappa shape index (κ1) is 12.5. The van der Waals surface area contributed by atoms with Crippen LogP contribution in [0.3, 0.4) is 0 Å². The molecule has 0 radical (unpaired) electrons. The van der Waals surface area contributed by atoms with E-state index in [4.69, 9.17) is 11.6 Å². The van der Waals surface area contributed by atoms with Gasteiger partial charge in [0.15, 0.2) is 11.5 Å². The van der Waals surface area contributed by atoms with Crippen molar-refractivity contribution in [1.29, 1.82) is 0 Å². The van der Waals surface area contributed by atoms with E-state index in [9.17, 15) is 19.8 Å². The third-order valence-electron chi connectivity index (χ3n) is 2.05. The third kappa shape index (κ3) is 2.33. The summed E-state index contributed by atoms with van der Waals surface area (Å²) in [7, 11) is 0. The van der Waals surface area contributed by atoms with Gasteiger partial charge in [-0.25, -0.2) is 0 Å². The number of rotatable bonds is 3. The topological polar surface area (TPSA) is 74.6 Å². The summed E-state index contributed by atoms with van der Waals surface area (Å²) in [5, 5.41) is 18.3. The number of carbonyl (C=O) groups excluding carboxylic acids is 2. The zero-order valence-corrected chi connectivity index (χ0v) is 9.58. The van der Waals surface area contributed by atoms with Crippen molar-refractivity contribution in [2.45, 2.75) is 13.8 Å². The Labute approximate surface area is 97.5 Å². The Morgan fingerprint density at radius 3 is 2.25 bits per heavy atom. The van der Waals surface area contributed by atoms with Gasteiger partial charge < -0.3 is 10.2 Å². The summed E-state index contributed by atoms with van der Waals surface area (Å²) in [4.78, 5) is 23.0. The van der Waals surface area contributed by atoms with Crippen molar-refractivity contribution in [2.75, 3.05) is 0 Å². The van der Waals surface area contributed by atoms with Gasteiger partial charge in [-0.05, 0) is 12.1 Å². The van der Waals surface area contributed by atoms with E-state index >= 15 is 0 Å². The highest BCUT2D eigenvalue weighted by molar-refractivity contribution is 6.44. The smallest absolute Gasteiger partial charge is 0.229 e. The number of Topliss-reactive ketones (excluding diaryl/α,β-unsaturated/α-hetero) is 2. The van der Waals surface area contributed by atoms with Crippen LogP contribution in [0.4, 0.5) is 0 Å². The minimum Gasteiger partial charge on any atom is -0.504 e. The molecular weight excluding hydrogens is 232 g/mol. The number of halogens is 1. The summed E-state index contributed by atoms with van der Waals surface area (Å²) in [6, 6.07) is 2.17. The molecule has 1 aromatic rings. The summed E-state index contributed by atoms with van der Waals surface area (Å²) in [6.07, 6.45) is 0. The summed E-state index contributed by atoms with van der Waals surface area (Å²) in [5.41, 5.74) is -0.0287. The van der Waals surface area contributed by atoms with Gasteiger partial charge in [-0.2, -0.15) is 0 Å². The van der Waals surface area contributed by atoms with E-state index in [0.29, 0.717) is 0 Å². The van der Waals surface area contributed by atoms with Crippen LogP contribution in [0.5, 0.6) is 11.5 Å². The second kappa shape index (κ2) is 4.53. The lowest BCUT2D eigenvalue weighted by molar-refractivity contribution is -0.117. The molecule has 0 atom stereocenters. The second-order valence-corrected chi connectivity index (χ2v) is 4.08. The predicted octanol–water partition coefficient (Wildman–Crippen LogP) is 2.16. The highest BCUT2D eigenvalue weighted by atomic mass is 35.5. The highest BCUT2D eigenvalue weighted by Gasteiger charge is 2.21. The standard InChI is InChI=1S/C11H11ClO4/c1-5(2)9(14)10(15)6-3-7(12)11(16)8(13)4-6/h3-5,13,16H,1-2H3. The molecule has 0 spiro atoms. The fourth-order valence-electron chi connectivity index (χ4n) is 1.12. The maximum absolute atomic E-state index is 11.6. The van der Waals surface area contributed by atoms with Gasteiger partial charge in [0.25, 0.3) is 0 Å². The molecule has 1 aromatic carbocycles. The first-order chi connectivity index (χ1) is 7.34. The van der Waals surface area contributed by atoms with Gasteiger partial charge in [0.1, 0.15) is 0 Å². The molecular formula is C11H11ClO4. The number of hydrogen-bond acceptors (Lipinski definition) is 4. The first-order valence-electron chi connectivity index (χ1n) is 4.64. The maximum Gasteiger partial charge on any atom is 0.229 e. The lowest BCUT2D eigenvalue weighted by atomic mass is 9.99. The molecule has 0 fully saturated rings. The van der Waals surface area contributed by atoms with Crippen LogP contribution in [-0.2, 0) is 4.79 Å². The molecule has 1 rings (SSSR count). The lowest BCUT2D eigenvalue weighted by Gasteiger charge is -2.06. The molecule has 0 heterocycles. The molecule has 0 aromatic heterocycles. The minimum atomic E-state index is -0.729. The number of ketones is 2. The van der Waals surface area contributed by atoms with Crippen LogP contribution in [-0.4, -0.2) is 21.8 Å². The van der Waals surface area contributed by atoms with Gasteiger partial charge in [-0.3, -0.25) is 9.59 Å². The Morgan fingerprint density at radius 2 is 1.81 bits per heavy atom. The second-order valence-electron chi connectivity index (χ2n) is 3.67. The number of carbonyl (C=O) groups is 2. The molecule has 4 nitrogen and oxygen atoms in total. The van der Waals surface area contributed by atoms with Crippen LogP contribution in [0.25, 0.3) is 0 Å². The molecule has 2 N–H and O–H groups in total. The molecule has 5 heteroatoms. The number of hydrogen-bond donors (Lipinski definition) is 2. The van der Waals surface area contributed by atoms with E-state index in [1.165, 1.54) is 0 Å². The number of phenolic OH excluding ortho intramolecular Hbond substituents is 2. The molecule has 0 aliphatic heterocycles. The van der Waals surface area contributed by atoms with E-state index in [2.05, 4.69) is 0 Å². The van der Waals surface area contributed by atoms with Crippen LogP contribution in [0.1, 0.15) is 24.2 Å². The Balaban J connectivity index is 3.16. The van der Waals surface area contributed by atoms with Gasteiger partial charge in [0.05, 0.1) is 5.02 Å². The zero-order chi connectivity index (χ0) is 12.5. The maximum atomic E-state index is 11.6. The largest absolute Gasteiger partial charge is 0.504 e. The minimum absolute atomic E-state index is 0.0287. The van der Waals surface area contributed by atoms with E-state index < -0.39 is 29.0 Å². The van der Waals surface area contributed by atoms with E-state index in [1.54, 1.807) is 13.8 Å². The number of phenols is 2. The van der Waals surface area contributed by atoms with Crippen LogP contribution in [0.15, 0.2) is 12.1 Å². The summed E-state index contributed by atoms with van der Waals surface area (Å²) < 4.78 is 0. The average Bonchev–Trinajstić information content (AvgIpc) is 2.22. The molecule has 16 heavy (non-hydrogen) atoms. The first-order valence-corrected chi connectivity index (χ1v) is 5.02. The molecule has 0 unspecified atom stereocenters. The fraction of sp³-hybridized carbons (Fsp3) is 0.273. The van der Waals surface area contributed by atoms with E-state index in [1.807, 2.05) is 0 Å². The monoisotopic (exact) mass is 242 g/mol. The molecule has 0 amide bonds. The van der Waals surface area contributed by atoms with Crippen LogP contribution in [0, 0.1) is 5.92 Å². The third-order valence-corrected chi connectivity index (χ3v) is 2.34. The summed E-state index contributed by atoms with van der Waals surface area (Å²) >= 11 is 5.57. The Bertz CT molecular complexity index is 428. The molecule has 0 aliphatic rings. The predicted molar refractivity (Wildman–Crippen MR) is 59.0 cm³/mol. The zero-order valence-electron chi connectivity index (χ0n) is 8.82. The number of benzene rings is 1. The Hall–Kier alpha value is -1.55. The quantitative estimate of drug-likeness (QED) is 0.484. The normalized spacial score (nSPS) is 10.5. The van der Waals surface area contributed by atoms with Crippen LogP contribution in [0.2, 0.25) is 5.02 Å². The van der Waals surface area contributed by atoms with Crippen molar-refractivity contribution in [3.05, 3.63) is 22.7 Å². The fourth-order valence-corrected chi connectivity index (χ4v) is 1.33. The molecule has 86 valence electrons. The van der Waals surface area contributed by atoms with Gasteiger partial charge in [0.2, 0.25) is 11.6 Å². The van der Waals surface area contributed by atoms with Gasteiger partial charge in [-0.1, -0.05) is 25.4 Å². The SMILES string of the molecule is CC(C)C(=O)C(=O)c1cc(O)c(O)c(Cl)c1. The lowest BCUT2D eigenvalue weighted by Crippen LogP contribution is -2.19. The Morgan fingerprint density at radius 1 is 1.25 bits per heavy atom. The average molecular weight is 243 g/mol. The molecule has 0 saturated heterocycles. The van der Waals surface area contributed by atoms with Crippen molar-refractivity contribution in [3.8, 4) is 11.5 Å². The summed E-state index contributed by atoms with van der Waals surface area (Å²) in [5.74, 6) is -2.75. The Kier molecular flexibility index (Phi) is 3.55. The van der Waals surface area contributed by atoms with Crippen molar-refractivity contribution in [2.24, 2.45) is 5.92 Å². The molecule has 0 saturated carbocycles. The van der Waals surface area contributed by atoms with Crippen molar-refractivity contribution >= 4 is 23.2 Å². The van der Waals surface area contributed by atoms with Gasteiger partial charge >= 0.3 is 0 Å². The molecule has 0 aliphatic carbocycles.